The molecule has 0 unspecified atom stereocenters. The van der Waals surface area contributed by atoms with Gasteiger partial charge in [0.1, 0.15) is 11.5 Å². The fraction of sp³-hybridized carbons (Fsp3) is 0.500. The van der Waals surface area contributed by atoms with Crippen molar-refractivity contribution in [2.75, 3.05) is 13.2 Å². The summed E-state index contributed by atoms with van der Waals surface area (Å²) in [7, 11) is 0. The van der Waals surface area contributed by atoms with Gasteiger partial charge in [-0.25, -0.2) is 9.59 Å². The zero-order valence-electron chi connectivity index (χ0n) is 23.6. The predicted octanol–water partition coefficient (Wildman–Crippen LogP) is 8.21. The lowest BCUT2D eigenvalue weighted by molar-refractivity contribution is 0.0926. The van der Waals surface area contributed by atoms with Gasteiger partial charge in [0.2, 0.25) is 0 Å². The summed E-state index contributed by atoms with van der Waals surface area (Å²) in [4.78, 5) is 51.4. The minimum Gasteiger partial charge on any atom is -0.434 e. The third-order valence-electron chi connectivity index (χ3n) is 6.79. The molecule has 216 valence electrons. The molecule has 0 spiro atoms. The molecule has 0 fully saturated rings. The van der Waals surface area contributed by atoms with E-state index in [1.165, 1.54) is 25.0 Å². The molecular formula is C32H40O8. The van der Waals surface area contributed by atoms with Gasteiger partial charge in [-0.3, -0.25) is 9.59 Å². The van der Waals surface area contributed by atoms with Crippen LogP contribution >= 0.6 is 0 Å². The van der Waals surface area contributed by atoms with E-state index in [2.05, 4.69) is 13.8 Å². The molecule has 0 bridgehead atoms. The van der Waals surface area contributed by atoms with Gasteiger partial charge >= 0.3 is 12.3 Å². The number of carbonyl (C=O) groups excluding carboxylic acids is 4. The lowest BCUT2D eigenvalue weighted by Gasteiger charge is -2.20. The normalized spacial score (nSPS) is 11.9. The number of ether oxygens (including phenoxy) is 4. The van der Waals surface area contributed by atoms with E-state index in [1.807, 2.05) is 0 Å². The average molecular weight is 553 g/mol. The highest BCUT2D eigenvalue weighted by Gasteiger charge is 2.34. The van der Waals surface area contributed by atoms with Crippen molar-refractivity contribution in [1.82, 2.24) is 0 Å². The van der Waals surface area contributed by atoms with Crippen LogP contribution in [0.25, 0.3) is 0 Å². The maximum atomic E-state index is 13.3. The molecule has 8 heteroatoms. The van der Waals surface area contributed by atoms with Crippen LogP contribution in [0.2, 0.25) is 0 Å². The highest BCUT2D eigenvalue weighted by Crippen LogP contribution is 2.37. The van der Waals surface area contributed by atoms with Crippen LogP contribution in [0.15, 0.2) is 36.4 Å². The number of hydrogen-bond donors (Lipinski definition) is 0. The molecule has 0 radical (unpaired) electrons. The van der Waals surface area contributed by atoms with Crippen LogP contribution in [0.4, 0.5) is 9.59 Å². The minimum atomic E-state index is -1.00. The second kappa shape index (κ2) is 16.4. The predicted molar refractivity (Wildman–Crippen MR) is 150 cm³/mol. The lowest BCUT2D eigenvalue weighted by atomic mass is 9.83. The van der Waals surface area contributed by atoms with Crippen LogP contribution in [0.5, 0.6) is 11.5 Å². The fourth-order valence-corrected chi connectivity index (χ4v) is 4.62. The molecule has 2 aromatic rings. The summed E-state index contributed by atoms with van der Waals surface area (Å²) in [5.74, 6) is -1.20. The molecule has 1 aliphatic rings. The van der Waals surface area contributed by atoms with E-state index in [1.54, 1.807) is 24.3 Å². The second-order valence-electron chi connectivity index (χ2n) is 9.98. The van der Waals surface area contributed by atoms with Gasteiger partial charge in [0.15, 0.2) is 11.6 Å². The van der Waals surface area contributed by atoms with E-state index in [4.69, 9.17) is 18.9 Å². The Hall–Kier alpha value is -3.68. The van der Waals surface area contributed by atoms with Gasteiger partial charge in [-0.1, -0.05) is 102 Å². The Labute approximate surface area is 236 Å². The second-order valence-corrected chi connectivity index (χ2v) is 9.98. The van der Waals surface area contributed by atoms with Gasteiger partial charge < -0.3 is 18.9 Å². The topological polar surface area (TPSA) is 105 Å². The van der Waals surface area contributed by atoms with Crippen LogP contribution in [-0.2, 0) is 9.47 Å². The van der Waals surface area contributed by atoms with E-state index >= 15 is 0 Å². The number of fused-ring (bicyclic) bond motifs is 2. The van der Waals surface area contributed by atoms with Crippen LogP contribution < -0.4 is 9.47 Å². The molecule has 8 nitrogen and oxygen atoms in total. The summed E-state index contributed by atoms with van der Waals surface area (Å²) in [6.07, 6.45) is 10.4. The Morgan fingerprint density at radius 2 is 1.10 bits per heavy atom. The summed E-state index contributed by atoms with van der Waals surface area (Å²) < 4.78 is 21.1. The molecule has 0 saturated carbocycles. The number of hydrogen-bond acceptors (Lipinski definition) is 8. The summed E-state index contributed by atoms with van der Waals surface area (Å²) >= 11 is 0. The first-order valence-electron chi connectivity index (χ1n) is 14.5. The van der Waals surface area contributed by atoms with Crippen molar-refractivity contribution in [3.05, 3.63) is 58.7 Å². The first-order chi connectivity index (χ1) is 19.5. The quantitative estimate of drug-likeness (QED) is 0.0994. The molecular weight excluding hydrogens is 512 g/mol. The van der Waals surface area contributed by atoms with Gasteiger partial charge in [-0.05, 0) is 18.9 Å². The smallest absolute Gasteiger partial charge is 0.434 e. The Morgan fingerprint density at radius 1 is 0.600 bits per heavy atom. The maximum Gasteiger partial charge on any atom is 0.513 e. The molecule has 3 rings (SSSR count). The maximum absolute atomic E-state index is 13.3. The van der Waals surface area contributed by atoms with Crippen LogP contribution in [0, 0.1) is 0 Å². The Kier molecular flexibility index (Phi) is 12.7. The van der Waals surface area contributed by atoms with Gasteiger partial charge in [0.25, 0.3) is 0 Å². The Morgan fingerprint density at radius 3 is 1.68 bits per heavy atom. The van der Waals surface area contributed by atoms with E-state index in [9.17, 15) is 19.2 Å². The molecule has 0 aliphatic heterocycles. The van der Waals surface area contributed by atoms with Gasteiger partial charge in [-0.15, -0.1) is 0 Å². The van der Waals surface area contributed by atoms with Gasteiger partial charge in [0, 0.05) is 22.8 Å². The summed E-state index contributed by atoms with van der Waals surface area (Å²) in [5, 5.41) is 0. The van der Waals surface area contributed by atoms with Crippen LogP contribution in [-0.4, -0.2) is 37.1 Å². The highest BCUT2D eigenvalue weighted by atomic mass is 16.7. The van der Waals surface area contributed by atoms with Crippen molar-refractivity contribution < 1.29 is 38.1 Å². The van der Waals surface area contributed by atoms with Crippen molar-refractivity contribution in [2.24, 2.45) is 0 Å². The zero-order valence-corrected chi connectivity index (χ0v) is 23.6. The SMILES string of the molecule is CCCCCCCCOC(=O)Oc1cc(OC(=O)OCCCCCCCC)c2c(c1)C(=O)c1ccccc1C2=O. The monoisotopic (exact) mass is 552 g/mol. The molecule has 40 heavy (non-hydrogen) atoms. The number of rotatable bonds is 16. The van der Waals surface area contributed by atoms with Crippen molar-refractivity contribution >= 4 is 23.9 Å². The summed E-state index contributed by atoms with van der Waals surface area (Å²) in [6, 6.07) is 8.94. The first kappa shape index (κ1) is 30.9. The number of ketones is 2. The third kappa shape index (κ3) is 8.93. The van der Waals surface area contributed by atoms with Gasteiger partial charge in [-0.2, -0.15) is 0 Å². The van der Waals surface area contributed by atoms with E-state index in [-0.39, 0.29) is 47.0 Å². The number of benzene rings is 2. The Balaban J connectivity index is 1.69. The Bertz CT molecular complexity index is 1170. The minimum absolute atomic E-state index is 0.0244. The molecule has 0 aromatic heterocycles. The van der Waals surface area contributed by atoms with Crippen molar-refractivity contribution in [3.63, 3.8) is 0 Å². The van der Waals surface area contributed by atoms with Crippen LogP contribution in [0.1, 0.15) is 123 Å². The van der Waals surface area contributed by atoms with E-state index in [0.717, 1.165) is 51.4 Å². The summed E-state index contributed by atoms with van der Waals surface area (Å²) in [5.41, 5.74) is 0.327. The van der Waals surface area contributed by atoms with E-state index < -0.39 is 23.9 Å². The number of unbranched alkanes of at least 4 members (excludes halogenated alkanes) is 10. The first-order valence-corrected chi connectivity index (χ1v) is 14.5. The number of carbonyl (C=O) groups is 4. The third-order valence-corrected chi connectivity index (χ3v) is 6.79. The van der Waals surface area contributed by atoms with E-state index in [0.29, 0.717) is 12.8 Å². The van der Waals surface area contributed by atoms with Crippen molar-refractivity contribution in [1.29, 1.82) is 0 Å². The molecule has 0 amide bonds. The molecule has 0 N–H and O–H groups in total. The highest BCUT2D eigenvalue weighted by molar-refractivity contribution is 6.29. The van der Waals surface area contributed by atoms with Crippen molar-refractivity contribution in [3.8, 4) is 11.5 Å². The molecule has 0 heterocycles. The lowest BCUT2D eigenvalue weighted by Crippen LogP contribution is -2.23. The fourth-order valence-electron chi connectivity index (χ4n) is 4.62. The zero-order chi connectivity index (χ0) is 28.7. The molecule has 0 atom stereocenters. The molecule has 2 aromatic carbocycles. The van der Waals surface area contributed by atoms with Gasteiger partial charge in [0.05, 0.1) is 18.8 Å². The van der Waals surface area contributed by atoms with Crippen molar-refractivity contribution in [2.45, 2.75) is 90.9 Å². The van der Waals surface area contributed by atoms with Crippen LogP contribution in [0.3, 0.4) is 0 Å². The summed E-state index contributed by atoms with van der Waals surface area (Å²) in [6.45, 7) is 4.67. The average Bonchev–Trinajstić information content (AvgIpc) is 2.94. The standard InChI is InChI=1S/C32H40O8/c1-3-5-7-9-11-15-19-37-31(35)39-23-21-26-28(30(34)25-18-14-13-17-24(25)29(26)33)27(22-23)40-32(36)38-20-16-12-10-8-6-4-2/h13-14,17-18,21-22H,3-12,15-16,19-20H2,1-2H3. The molecule has 0 saturated heterocycles. The molecule has 1 aliphatic carbocycles. The largest absolute Gasteiger partial charge is 0.513 e.